The molecule has 3 N–H and O–H groups in total. The largest absolute Gasteiger partial charge is 0.485 e. The summed E-state index contributed by atoms with van der Waals surface area (Å²) in [4.78, 5) is 40.0. The third-order valence-corrected chi connectivity index (χ3v) is 7.12. The van der Waals surface area contributed by atoms with Crippen LogP contribution in [-0.4, -0.2) is 86.5 Å². The Morgan fingerprint density at radius 1 is 1.27 bits per heavy atom. The number of aliphatic hydroxyl groups excluding tert-OH is 1. The molecule has 2 aromatic heterocycles. The van der Waals surface area contributed by atoms with Crippen molar-refractivity contribution in [3.8, 4) is 5.75 Å². The van der Waals surface area contributed by atoms with E-state index in [0.717, 1.165) is 24.3 Å². The van der Waals surface area contributed by atoms with E-state index < -0.39 is 6.10 Å². The summed E-state index contributed by atoms with van der Waals surface area (Å²) in [7, 11) is 0. The van der Waals surface area contributed by atoms with Crippen LogP contribution in [0.25, 0.3) is 0 Å². The average Bonchev–Trinajstić information content (AvgIpc) is 3.42. The standard InChI is InChI=1S/C27H33N7O5.H2S/c1-17-23-5-6-33(10-19(23)3-4-25(17)38-14-22-9-28-16-39-22)13-21(36)8-29-27(37)24-7-26(31-15-30-24)32-20-11-34(12-20)18(2)35;/h3-4,7,9,15-16,20-21,36H,5-6,8,10-14H2,1-2H3,(H,29,37)(H,30,31,32);1H2/t21-;/m0./s1. The molecule has 13 heteroatoms. The van der Waals surface area contributed by atoms with Crippen LogP contribution in [-0.2, 0) is 24.4 Å². The molecule has 0 aliphatic carbocycles. The number of benzene rings is 1. The number of carbonyl (C=O) groups is 2. The number of oxazole rings is 1. The summed E-state index contributed by atoms with van der Waals surface area (Å²) < 4.78 is 11.2. The van der Waals surface area contributed by atoms with Crippen molar-refractivity contribution in [2.24, 2.45) is 0 Å². The number of aromatic nitrogens is 3. The fraction of sp³-hybridized carbons (Fsp3) is 0.444. The van der Waals surface area contributed by atoms with Gasteiger partial charge >= 0.3 is 0 Å². The fourth-order valence-electron chi connectivity index (χ4n) is 4.91. The highest BCUT2D eigenvalue weighted by atomic mass is 32.1. The lowest BCUT2D eigenvalue weighted by molar-refractivity contribution is -0.132. The molecule has 2 aliphatic heterocycles. The van der Waals surface area contributed by atoms with E-state index in [4.69, 9.17) is 9.15 Å². The van der Waals surface area contributed by atoms with Gasteiger partial charge in [-0.1, -0.05) is 6.07 Å². The normalized spacial score (nSPS) is 15.8. The number of carbonyl (C=O) groups excluding carboxylic acids is 2. The van der Waals surface area contributed by atoms with Crippen molar-refractivity contribution in [2.45, 2.75) is 45.6 Å². The molecule has 214 valence electrons. The molecule has 0 saturated carbocycles. The van der Waals surface area contributed by atoms with Crippen LogP contribution in [0, 0.1) is 6.92 Å². The van der Waals surface area contributed by atoms with E-state index in [0.29, 0.717) is 44.4 Å². The maximum Gasteiger partial charge on any atom is 0.270 e. The second kappa shape index (κ2) is 13.1. The van der Waals surface area contributed by atoms with Crippen molar-refractivity contribution in [3.05, 3.63) is 65.3 Å². The number of likely N-dealkylation sites (tertiary alicyclic amines) is 1. The minimum atomic E-state index is -0.729. The Balaban J connectivity index is 0.00000370. The van der Waals surface area contributed by atoms with Gasteiger partial charge in [0, 0.05) is 52.3 Å². The quantitative estimate of drug-likeness (QED) is 0.326. The second-order valence-electron chi connectivity index (χ2n) is 9.99. The summed E-state index contributed by atoms with van der Waals surface area (Å²) in [6.45, 7) is 7.20. The van der Waals surface area contributed by atoms with E-state index in [-0.39, 0.29) is 43.6 Å². The molecule has 0 unspecified atom stereocenters. The molecule has 2 aliphatic rings. The number of nitrogens with one attached hydrogen (secondary N) is 2. The number of ether oxygens (including phenoxy) is 1. The number of β-amino-alcohol motifs (C(OH)–C–C–N with tert-alkyl or cyclic N) is 1. The highest BCUT2D eigenvalue weighted by Crippen LogP contribution is 2.30. The van der Waals surface area contributed by atoms with Gasteiger partial charge in [0.25, 0.3) is 5.91 Å². The van der Waals surface area contributed by atoms with Gasteiger partial charge in [0.15, 0.2) is 12.2 Å². The number of anilines is 1. The van der Waals surface area contributed by atoms with Crippen LogP contribution in [0.3, 0.4) is 0 Å². The number of hydrogen-bond donors (Lipinski definition) is 3. The van der Waals surface area contributed by atoms with Gasteiger partial charge in [0.2, 0.25) is 5.91 Å². The van der Waals surface area contributed by atoms with Gasteiger partial charge in [-0.15, -0.1) is 0 Å². The summed E-state index contributed by atoms with van der Waals surface area (Å²) >= 11 is 0. The van der Waals surface area contributed by atoms with Crippen LogP contribution >= 0.6 is 13.5 Å². The molecule has 1 aromatic carbocycles. The molecule has 40 heavy (non-hydrogen) atoms. The Hall–Kier alpha value is -3.68. The van der Waals surface area contributed by atoms with Crippen molar-refractivity contribution in [3.63, 3.8) is 0 Å². The van der Waals surface area contributed by atoms with Crippen molar-refractivity contribution in [1.29, 1.82) is 0 Å². The van der Waals surface area contributed by atoms with Crippen LogP contribution in [0.2, 0.25) is 0 Å². The molecule has 12 nitrogen and oxygen atoms in total. The maximum absolute atomic E-state index is 12.6. The highest BCUT2D eigenvalue weighted by molar-refractivity contribution is 7.59. The third kappa shape index (κ3) is 7.09. The lowest BCUT2D eigenvalue weighted by Crippen LogP contribution is -2.56. The zero-order valence-corrected chi connectivity index (χ0v) is 23.6. The average molecular weight is 570 g/mol. The topological polar surface area (TPSA) is 146 Å². The van der Waals surface area contributed by atoms with Crippen LogP contribution in [0.5, 0.6) is 5.75 Å². The monoisotopic (exact) mass is 569 g/mol. The smallest absolute Gasteiger partial charge is 0.270 e. The van der Waals surface area contributed by atoms with E-state index in [9.17, 15) is 14.7 Å². The molecule has 0 bridgehead atoms. The van der Waals surface area contributed by atoms with Gasteiger partial charge in [-0.25, -0.2) is 15.0 Å². The summed E-state index contributed by atoms with van der Waals surface area (Å²) in [5.74, 6) is 1.69. The first kappa shape index (κ1) is 29.3. The molecule has 3 aromatic rings. The van der Waals surface area contributed by atoms with Crippen LogP contribution < -0.4 is 15.4 Å². The number of rotatable bonds is 10. The summed E-state index contributed by atoms with van der Waals surface area (Å²) in [6.07, 6.45) is 4.48. The zero-order valence-electron chi connectivity index (χ0n) is 22.6. The first-order valence-corrected chi connectivity index (χ1v) is 13.0. The SMILES string of the molecule is CC(=O)N1CC(Nc2cc(C(=O)NC[C@H](O)CN3CCc4c(ccc(OCc5cnco5)c4C)C3)ncn2)C1.S. The van der Waals surface area contributed by atoms with Crippen molar-refractivity contribution < 1.29 is 23.8 Å². The summed E-state index contributed by atoms with van der Waals surface area (Å²) in [6, 6.07) is 5.71. The molecule has 0 radical (unpaired) electrons. The Labute approximate surface area is 239 Å². The lowest BCUT2D eigenvalue weighted by atomic mass is 9.94. The van der Waals surface area contributed by atoms with Crippen LogP contribution in [0.1, 0.15) is 39.9 Å². The van der Waals surface area contributed by atoms with Crippen molar-refractivity contribution >= 4 is 31.1 Å². The predicted octanol–water partition coefficient (Wildman–Crippen LogP) is 1.26. The number of aliphatic hydroxyl groups is 1. The molecule has 2 amide bonds. The van der Waals surface area contributed by atoms with Gasteiger partial charge in [0.05, 0.1) is 18.3 Å². The highest BCUT2D eigenvalue weighted by Gasteiger charge is 2.29. The minimum Gasteiger partial charge on any atom is -0.485 e. The van der Waals surface area contributed by atoms with E-state index in [1.54, 1.807) is 17.2 Å². The maximum atomic E-state index is 12.6. The van der Waals surface area contributed by atoms with Crippen LogP contribution in [0.4, 0.5) is 5.82 Å². The molecule has 0 spiro atoms. The number of nitrogens with zero attached hydrogens (tertiary/aromatic N) is 5. The van der Waals surface area contributed by atoms with Gasteiger partial charge in [-0.2, -0.15) is 13.5 Å². The molecular formula is C27H35N7O5S. The summed E-state index contributed by atoms with van der Waals surface area (Å²) in [5, 5.41) is 16.6. The second-order valence-corrected chi connectivity index (χ2v) is 9.99. The number of amides is 2. The minimum absolute atomic E-state index is 0. The van der Waals surface area contributed by atoms with Gasteiger partial charge in [-0.3, -0.25) is 14.5 Å². The van der Waals surface area contributed by atoms with Crippen LogP contribution in [0.15, 0.2) is 41.5 Å². The Morgan fingerprint density at radius 3 is 2.85 bits per heavy atom. The Kier molecular flexibility index (Phi) is 9.61. The van der Waals surface area contributed by atoms with Crippen molar-refractivity contribution in [1.82, 2.24) is 30.1 Å². The fourth-order valence-corrected chi connectivity index (χ4v) is 4.91. The lowest BCUT2D eigenvalue weighted by Gasteiger charge is -2.39. The van der Waals surface area contributed by atoms with E-state index in [1.165, 1.54) is 30.8 Å². The van der Waals surface area contributed by atoms with E-state index in [1.807, 2.05) is 6.07 Å². The van der Waals surface area contributed by atoms with Gasteiger partial charge in [0.1, 0.15) is 30.2 Å². The van der Waals surface area contributed by atoms with Gasteiger partial charge in [-0.05, 0) is 36.1 Å². The van der Waals surface area contributed by atoms with Crippen molar-refractivity contribution in [2.75, 3.05) is 38.0 Å². The molecule has 5 rings (SSSR count). The number of hydrogen-bond acceptors (Lipinski definition) is 10. The molecule has 1 atom stereocenters. The summed E-state index contributed by atoms with van der Waals surface area (Å²) in [5.41, 5.74) is 3.81. The predicted molar refractivity (Wildman–Crippen MR) is 151 cm³/mol. The Bertz CT molecular complexity index is 1320. The molecular weight excluding hydrogens is 534 g/mol. The third-order valence-electron chi connectivity index (χ3n) is 7.12. The number of fused-ring (bicyclic) bond motifs is 1. The van der Waals surface area contributed by atoms with E-state index in [2.05, 4.69) is 43.5 Å². The zero-order chi connectivity index (χ0) is 27.4. The molecule has 1 fully saturated rings. The van der Waals surface area contributed by atoms with E-state index >= 15 is 0 Å². The molecule has 4 heterocycles. The first-order valence-electron chi connectivity index (χ1n) is 13.0. The Morgan fingerprint density at radius 2 is 2.10 bits per heavy atom. The van der Waals surface area contributed by atoms with Gasteiger partial charge < -0.3 is 29.8 Å². The molecule has 1 saturated heterocycles. The first-order chi connectivity index (χ1) is 18.9.